The summed E-state index contributed by atoms with van der Waals surface area (Å²) < 4.78 is 5.21. The monoisotopic (exact) mass is 286 g/mol. The number of hydrogen-bond donors (Lipinski definition) is 1. The fourth-order valence-electron chi connectivity index (χ4n) is 5.73. The number of hydrogen-bond acceptors (Lipinski definition) is 2. The van der Waals surface area contributed by atoms with Gasteiger partial charge >= 0.3 is 0 Å². The zero-order valence-electron chi connectivity index (χ0n) is 12.9. The average Bonchev–Trinajstić information content (AvgIpc) is 2.47. The minimum Gasteiger partial charge on any atom is -0.497 e. The van der Waals surface area contributed by atoms with Crippen LogP contribution in [0.2, 0.25) is 0 Å². The van der Waals surface area contributed by atoms with Gasteiger partial charge in [0, 0.05) is 0 Å². The predicted molar refractivity (Wildman–Crippen MR) is 83.2 cm³/mol. The first-order chi connectivity index (χ1) is 10.2. The maximum absolute atomic E-state index is 10.8. The van der Waals surface area contributed by atoms with E-state index in [0.717, 1.165) is 35.8 Å². The summed E-state index contributed by atoms with van der Waals surface area (Å²) in [6.45, 7) is 0. The van der Waals surface area contributed by atoms with E-state index in [1.54, 1.807) is 7.11 Å². The lowest BCUT2D eigenvalue weighted by molar-refractivity contribution is -0.0887. The Morgan fingerprint density at radius 2 is 1.57 bits per heavy atom. The molecule has 0 aromatic heterocycles. The van der Waals surface area contributed by atoms with Crippen LogP contribution in [0.1, 0.15) is 37.7 Å². The largest absolute Gasteiger partial charge is 0.497 e. The van der Waals surface area contributed by atoms with Gasteiger partial charge in [-0.15, -0.1) is 0 Å². The van der Waals surface area contributed by atoms with Crippen molar-refractivity contribution in [3.8, 4) is 5.75 Å². The van der Waals surface area contributed by atoms with E-state index in [9.17, 15) is 5.11 Å². The van der Waals surface area contributed by atoms with Gasteiger partial charge in [-0.25, -0.2) is 0 Å². The molecule has 2 nitrogen and oxygen atoms in total. The molecule has 0 radical (unpaired) electrons. The third kappa shape index (κ3) is 2.48. The van der Waals surface area contributed by atoms with Crippen LogP contribution < -0.4 is 4.74 Å². The summed E-state index contributed by atoms with van der Waals surface area (Å²) >= 11 is 0. The Morgan fingerprint density at radius 3 is 2.10 bits per heavy atom. The minimum absolute atomic E-state index is 0.159. The zero-order valence-corrected chi connectivity index (χ0v) is 12.9. The molecule has 0 heterocycles. The molecule has 0 amide bonds. The summed E-state index contributed by atoms with van der Waals surface area (Å²) in [7, 11) is 1.69. The summed E-state index contributed by atoms with van der Waals surface area (Å²) in [6, 6.07) is 8.19. The van der Waals surface area contributed by atoms with Crippen molar-refractivity contribution >= 4 is 0 Å². The number of ether oxygens (including phenoxy) is 1. The molecule has 114 valence electrons. The van der Waals surface area contributed by atoms with Crippen molar-refractivity contribution in [2.75, 3.05) is 7.11 Å². The number of aliphatic hydroxyl groups is 1. The van der Waals surface area contributed by atoms with Crippen molar-refractivity contribution in [1.29, 1.82) is 0 Å². The SMILES string of the molecule is COc1ccc(CC(O)C2C3CC4CC(C3)CC2C4)cc1. The second kappa shape index (κ2) is 5.31. The van der Waals surface area contributed by atoms with Gasteiger partial charge in [-0.1, -0.05) is 12.1 Å². The molecule has 1 aromatic rings. The zero-order chi connectivity index (χ0) is 14.4. The normalized spacial score (nSPS) is 38.5. The lowest BCUT2D eigenvalue weighted by Gasteiger charge is -2.55. The Morgan fingerprint density at radius 1 is 1.00 bits per heavy atom. The van der Waals surface area contributed by atoms with Crippen LogP contribution >= 0.6 is 0 Å². The topological polar surface area (TPSA) is 29.5 Å². The van der Waals surface area contributed by atoms with E-state index in [1.165, 1.54) is 37.7 Å². The molecule has 1 atom stereocenters. The Labute approximate surface area is 127 Å². The molecule has 0 saturated heterocycles. The third-order valence-corrected chi connectivity index (χ3v) is 6.35. The number of rotatable bonds is 4. The van der Waals surface area contributed by atoms with Crippen LogP contribution in [0.25, 0.3) is 0 Å². The molecule has 4 fully saturated rings. The lowest BCUT2D eigenvalue weighted by atomic mass is 9.50. The van der Waals surface area contributed by atoms with Crippen LogP contribution in [0, 0.1) is 29.6 Å². The van der Waals surface area contributed by atoms with E-state index < -0.39 is 0 Å². The van der Waals surface area contributed by atoms with Gasteiger partial charge in [0.1, 0.15) is 5.75 Å². The Hall–Kier alpha value is -1.02. The molecule has 21 heavy (non-hydrogen) atoms. The fourth-order valence-corrected chi connectivity index (χ4v) is 5.73. The third-order valence-electron chi connectivity index (χ3n) is 6.35. The molecular formula is C19H26O2. The van der Waals surface area contributed by atoms with Crippen molar-refractivity contribution in [1.82, 2.24) is 0 Å². The van der Waals surface area contributed by atoms with Crippen LogP contribution in [0.5, 0.6) is 5.75 Å². The summed E-state index contributed by atoms with van der Waals surface area (Å²) in [5, 5.41) is 10.8. The Bertz CT molecular complexity index is 465. The number of aliphatic hydroxyl groups excluding tert-OH is 1. The second-order valence-electron chi connectivity index (χ2n) is 7.63. The van der Waals surface area contributed by atoms with Crippen molar-refractivity contribution in [2.45, 2.75) is 44.6 Å². The molecule has 4 bridgehead atoms. The van der Waals surface area contributed by atoms with E-state index >= 15 is 0 Å². The molecule has 4 saturated carbocycles. The highest BCUT2D eigenvalue weighted by Gasteiger charge is 2.50. The van der Waals surface area contributed by atoms with Gasteiger partial charge in [-0.3, -0.25) is 0 Å². The Kier molecular flexibility index (Phi) is 3.45. The molecule has 0 spiro atoms. The van der Waals surface area contributed by atoms with Gasteiger partial charge < -0.3 is 9.84 Å². The van der Waals surface area contributed by atoms with E-state index in [0.29, 0.717) is 5.92 Å². The molecule has 5 rings (SSSR count). The molecule has 4 aliphatic rings. The smallest absolute Gasteiger partial charge is 0.118 e. The first-order valence-electron chi connectivity index (χ1n) is 8.54. The van der Waals surface area contributed by atoms with Crippen LogP contribution in [-0.2, 0) is 6.42 Å². The lowest BCUT2D eigenvalue weighted by Crippen LogP contribution is -2.49. The standard InChI is InChI=1S/C19H26O2/c1-21-17-4-2-12(3-5-17)11-18(20)19-15-7-13-6-14(9-15)10-16(19)8-13/h2-5,13-16,18-20H,6-11H2,1H3. The molecule has 0 aliphatic heterocycles. The number of methoxy groups -OCH3 is 1. The molecule has 1 unspecified atom stereocenters. The maximum Gasteiger partial charge on any atom is 0.118 e. The van der Waals surface area contributed by atoms with E-state index in [-0.39, 0.29) is 6.10 Å². The summed E-state index contributed by atoms with van der Waals surface area (Å²) in [5.74, 6) is 5.01. The molecule has 1 N–H and O–H groups in total. The van der Waals surface area contributed by atoms with E-state index in [4.69, 9.17) is 4.74 Å². The van der Waals surface area contributed by atoms with Gasteiger partial charge in [0.25, 0.3) is 0 Å². The van der Waals surface area contributed by atoms with Crippen molar-refractivity contribution < 1.29 is 9.84 Å². The van der Waals surface area contributed by atoms with Gasteiger partial charge in [0.2, 0.25) is 0 Å². The molecule has 1 aromatic carbocycles. The van der Waals surface area contributed by atoms with Gasteiger partial charge in [0.05, 0.1) is 13.2 Å². The molecular weight excluding hydrogens is 260 g/mol. The quantitative estimate of drug-likeness (QED) is 0.915. The molecule has 4 aliphatic carbocycles. The predicted octanol–water partition coefficient (Wildman–Crippen LogP) is 3.67. The highest BCUT2D eigenvalue weighted by atomic mass is 16.5. The van der Waals surface area contributed by atoms with Crippen molar-refractivity contribution in [3.63, 3.8) is 0 Å². The van der Waals surface area contributed by atoms with E-state index in [1.807, 2.05) is 12.1 Å². The highest BCUT2D eigenvalue weighted by Crippen LogP contribution is 2.57. The van der Waals surface area contributed by atoms with Gasteiger partial charge in [0.15, 0.2) is 0 Å². The fraction of sp³-hybridized carbons (Fsp3) is 0.684. The van der Waals surface area contributed by atoms with Crippen molar-refractivity contribution in [3.05, 3.63) is 29.8 Å². The first-order valence-corrected chi connectivity index (χ1v) is 8.54. The van der Waals surface area contributed by atoms with Gasteiger partial charge in [-0.2, -0.15) is 0 Å². The Balaban J connectivity index is 1.45. The first kappa shape index (κ1) is 13.6. The van der Waals surface area contributed by atoms with E-state index in [2.05, 4.69) is 12.1 Å². The summed E-state index contributed by atoms with van der Waals surface area (Å²) in [6.07, 6.45) is 7.67. The average molecular weight is 286 g/mol. The van der Waals surface area contributed by atoms with Crippen LogP contribution in [-0.4, -0.2) is 18.3 Å². The maximum atomic E-state index is 10.8. The van der Waals surface area contributed by atoms with Crippen LogP contribution in [0.4, 0.5) is 0 Å². The second-order valence-corrected chi connectivity index (χ2v) is 7.63. The van der Waals surface area contributed by atoms with Gasteiger partial charge in [-0.05, 0) is 85.8 Å². The summed E-state index contributed by atoms with van der Waals surface area (Å²) in [4.78, 5) is 0. The number of benzene rings is 1. The minimum atomic E-state index is -0.159. The molecule has 2 heteroatoms. The van der Waals surface area contributed by atoms with Crippen molar-refractivity contribution in [2.24, 2.45) is 29.6 Å². The highest BCUT2D eigenvalue weighted by molar-refractivity contribution is 5.27. The van der Waals surface area contributed by atoms with Crippen LogP contribution in [0.15, 0.2) is 24.3 Å². The van der Waals surface area contributed by atoms with Crippen LogP contribution in [0.3, 0.4) is 0 Å². The summed E-state index contributed by atoms with van der Waals surface area (Å²) in [5.41, 5.74) is 1.23.